The van der Waals surface area contributed by atoms with Crippen molar-refractivity contribution in [2.24, 2.45) is 0 Å². The lowest BCUT2D eigenvalue weighted by atomic mass is 10.2. The number of thiophene rings is 1. The molecule has 17 heavy (non-hydrogen) atoms. The van der Waals surface area contributed by atoms with Gasteiger partial charge in [0, 0.05) is 4.90 Å². The van der Waals surface area contributed by atoms with Gasteiger partial charge >= 0.3 is 0 Å². The van der Waals surface area contributed by atoms with E-state index in [1.807, 2.05) is 42.6 Å². The molecule has 2 nitrogen and oxygen atoms in total. The minimum absolute atomic E-state index is 0.403. The van der Waals surface area contributed by atoms with Crippen molar-refractivity contribution >= 4 is 28.4 Å². The van der Waals surface area contributed by atoms with Gasteiger partial charge in [0.1, 0.15) is 0 Å². The maximum Gasteiger partial charge on any atom is 0.160 e. The molecule has 0 aliphatic rings. The van der Waals surface area contributed by atoms with Gasteiger partial charge in [0.2, 0.25) is 0 Å². The van der Waals surface area contributed by atoms with E-state index in [2.05, 4.69) is 0 Å². The number of aryl methyl sites for hydroxylation is 1. The maximum atomic E-state index is 12.1. The fraction of sp³-hybridized carbons (Fsp3) is 0.154. The first-order chi connectivity index (χ1) is 8.20. The molecule has 0 aliphatic carbocycles. The summed E-state index contributed by atoms with van der Waals surface area (Å²) in [6.07, 6.45) is 0.826. The van der Waals surface area contributed by atoms with E-state index >= 15 is 0 Å². The van der Waals surface area contributed by atoms with Crippen LogP contribution >= 0.6 is 11.3 Å². The lowest BCUT2D eigenvalue weighted by Crippen LogP contribution is -1.97. The summed E-state index contributed by atoms with van der Waals surface area (Å²) < 4.78 is 12.1. The average molecular weight is 264 g/mol. The Morgan fingerprint density at radius 1 is 1.24 bits per heavy atom. The van der Waals surface area contributed by atoms with Gasteiger partial charge < -0.3 is 0 Å². The molecule has 1 heterocycles. The summed E-state index contributed by atoms with van der Waals surface area (Å²) >= 11 is 1.39. The molecule has 0 N–H and O–H groups in total. The molecule has 1 aromatic carbocycles. The second-order valence-corrected chi connectivity index (χ2v) is 6.13. The zero-order valence-corrected chi connectivity index (χ0v) is 11.0. The topological polar surface area (TPSA) is 34.1 Å². The quantitative estimate of drug-likeness (QED) is 0.795. The van der Waals surface area contributed by atoms with Gasteiger partial charge in [-0.1, -0.05) is 17.7 Å². The smallest absolute Gasteiger partial charge is 0.160 e. The first-order valence-corrected chi connectivity index (χ1v) is 7.37. The SMILES string of the molecule is Cc1ccc(S(=O)Cc2ccsc2C=O)cc1. The van der Waals surface area contributed by atoms with Crippen molar-refractivity contribution in [1.29, 1.82) is 0 Å². The number of rotatable bonds is 4. The summed E-state index contributed by atoms with van der Waals surface area (Å²) in [4.78, 5) is 12.2. The van der Waals surface area contributed by atoms with Crippen molar-refractivity contribution in [3.63, 3.8) is 0 Å². The number of hydrogen-bond donors (Lipinski definition) is 0. The van der Waals surface area contributed by atoms with E-state index in [1.54, 1.807) is 0 Å². The minimum Gasteiger partial charge on any atom is -0.297 e. The largest absolute Gasteiger partial charge is 0.297 e. The van der Waals surface area contributed by atoms with Gasteiger partial charge in [-0.15, -0.1) is 11.3 Å². The Hall–Kier alpha value is -1.26. The van der Waals surface area contributed by atoms with Crippen LogP contribution in [0.3, 0.4) is 0 Å². The molecule has 0 saturated carbocycles. The molecular weight excluding hydrogens is 252 g/mol. The molecule has 4 heteroatoms. The van der Waals surface area contributed by atoms with E-state index in [0.717, 1.165) is 22.3 Å². The number of hydrogen-bond acceptors (Lipinski definition) is 3. The molecule has 1 aromatic heterocycles. The number of carbonyl (C=O) groups is 1. The van der Waals surface area contributed by atoms with E-state index in [1.165, 1.54) is 11.3 Å². The molecule has 1 atom stereocenters. The van der Waals surface area contributed by atoms with Crippen molar-refractivity contribution in [2.45, 2.75) is 17.6 Å². The normalized spacial score (nSPS) is 12.3. The van der Waals surface area contributed by atoms with Crippen LogP contribution in [0.2, 0.25) is 0 Å². The molecule has 0 amide bonds. The van der Waals surface area contributed by atoms with E-state index in [0.29, 0.717) is 10.6 Å². The lowest BCUT2D eigenvalue weighted by molar-refractivity contribution is 0.112. The summed E-state index contributed by atoms with van der Waals surface area (Å²) in [6, 6.07) is 9.50. The standard InChI is InChI=1S/C13H12O2S2/c1-10-2-4-12(5-3-10)17(15)9-11-6-7-16-13(11)8-14/h2-8H,9H2,1H3. The first kappa shape index (κ1) is 12.2. The third-order valence-corrected chi connectivity index (χ3v) is 4.71. The third-order valence-electron chi connectivity index (χ3n) is 2.46. The van der Waals surface area contributed by atoms with Crippen LogP contribution in [0.4, 0.5) is 0 Å². The molecule has 1 unspecified atom stereocenters. The molecule has 0 saturated heterocycles. The highest BCUT2D eigenvalue weighted by Crippen LogP contribution is 2.19. The van der Waals surface area contributed by atoms with E-state index in [9.17, 15) is 9.00 Å². The predicted octanol–water partition coefficient (Wildman–Crippen LogP) is 3.18. The molecule has 0 spiro atoms. The molecule has 0 aliphatic heterocycles. The van der Waals surface area contributed by atoms with Crippen LogP contribution in [0.1, 0.15) is 20.8 Å². The predicted molar refractivity (Wildman–Crippen MR) is 71.0 cm³/mol. The zero-order valence-electron chi connectivity index (χ0n) is 9.38. The number of aldehydes is 1. The van der Waals surface area contributed by atoms with Gasteiger partial charge in [-0.3, -0.25) is 9.00 Å². The lowest BCUT2D eigenvalue weighted by Gasteiger charge is -2.02. The summed E-state index contributed by atoms with van der Waals surface area (Å²) in [6.45, 7) is 2.00. The Kier molecular flexibility index (Phi) is 3.86. The molecule has 88 valence electrons. The monoisotopic (exact) mass is 264 g/mol. The summed E-state index contributed by atoms with van der Waals surface area (Å²) in [5.74, 6) is 0.403. The Balaban J connectivity index is 2.17. The van der Waals surface area contributed by atoms with Gasteiger partial charge in [-0.2, -0.15) is 0 Å². The van der Waals surface area contributed by atoms with E-state index in [4.69, 9.17) is 0 Å². The van der Waals surface area contributed by atoms with Gasteiger partial charge in [0.25, 0.3) is 0 Å². The first-order valence-electron chi connectivity index (χ1n) is 5.17. The van der Waals surface area contributed by atoms with Gasteiger partial charge in [-0.05, 0) is 36.1 Å². The van der Waals surface area contributed by atoms with Crippen LogP contribution in [0.25, 0.3) is 0 Å². The fourth-order valence-corrected chi connectivity index (χ4v) is 3.44. The van der Waals surface area contributed by atoms with E-state index < -0.39 is 10.8 Å². The molecule has 0 radical (unpaired) electrons. The van der Waals surface area contributed by atoms with Gasteiger partial charge in [-0.25, -0.2) is 0 Å². The van der Waals surface area contributed by atoms with Crippen molar-refractivity contribution < 1.29 is 9.00 Å². The third kappa shape index (κ3) is 2.90. The highest BCUT2D eigenvalue weighted by atomic mass is 32.2. The molecular formula is C13H12O2S2. The summed E-state index contributed by atoms with van der Waals surface area (Å²) in [7, 11) is -1.09. The highest BCUT2D eigenvalue weighted by molar-refractivity contribution is 7.84. The van der Waals surface area contributed by atoms with Crippen molar-refractivity contribution in [3.05, 3.63) is 51.7 Å². The van der Waals surface area contributed by atoms with Crippen molar-refractivity contribution in [1.82, 2.24) is 0 Å². The van der Waals surface area contributed by atoms with Crippen LogP contribution in [-0.2, 0) is 16.6 Å². The summed E-state index contributed by atoms with van der Waals surface area (Å²) in [5, 5.41) is 1.85. The molecule has 2 rings (SSSR count). The van der Waals surface area contributed by atoms with Crippen LogP contribution in [0.15, 0.2) is 40.6 Å². The van der Waals surface area contributed by atoms with E-state index in [-0.39, 0.29) is 0 Å². The second-order valence-electron chi connectivity index (χ2n) is 3.73. The zero-order chi connectivity index (χ0) is 12.3. The number of benzene rings is 1. The van der Waals surface area contributed by atoms with Crippen molar-refractivity contribution in [2.75, 3.05) is 0 Å². The maximum absolute atomic E-state index is 12.1. The fourth-order valence-electron chi connectivity index (χ4n) is 1.48. The number of carbonyl (C=O) groups excluding carboxylic acids is 1. The van der Waals surface area contributed by atoms with Gasteiger partial charge in [0.15, 0.2) is 6.29 Å². The Bertz CT molecular complexity index is 541. The van der Waals surface area contributed by atoms with Crippen LogP contribution in [0, 0.1) is 6.92 Å². The Morgan fingerprint density at radius 3 is 2.59 bits per heavy atom. The molecule has 2 aromatic rings. The molecule has 0 bridgehead atoms. The van der Waals surface area contributed by atoms with Crippen LogP contribution in [0.5, 0.6) is 0 Å². The second kappa shape index (κ2) is 5.38. The van der Waals surface area contributed by atoms with Crippen LogP contribution < -0.4 is 0 Å². The van der Waals surface area contributed by atoms with Gasteiger partial charge in [0.05, 0.1) is 21.4 Å². The Morgan fingerprint density at radius 2 is 1.94 bits per heavy atom. The Labute approximate surface area is 107 Å². The summed E-state index contributed by atoms with van der Waals surface area (Å²) in [5.41, 5.74) is 2.01. The van der Waals surface area contributed by atoms with Crippen LogP contribution in [-0.4, -0.2) is 10.5 Å². The average Bonchev–Trinajstić information content (AvgIpc) is 2.77. The molecule has 0 fully saturated rings. The minimum atomic E-state index is -1.09. The highest BCUT2D eigenvalue weighted by Gasteiger charge is 2.09. The van der Waals surface area contributed by atoms with Crippen molar-refractivity contribution in [3.8, 4) is 0 Å².